The Morgan fingerprint density at radius 2 is 1.72 bits per heavy atom. The molecule has 0 fully saturated rings. The van der Waals surface area contributed by atoms with Gasteiger partial charge in [0.25, 0.3) is 5.91 Å². The number of hydrogen-bond donors (Lipinski definition) is 1. The van der Waals surface area contributed by atoms with Gasteiger partial charge in [-0.15, -0.1) is 10.2 Å². The van der Waals surface area contributed by atoms with Crippen LogP contribution in [0, 0.1) is 0 Å². The molecule has 4 heterocycles. The first-order chi connectivity index (χ1) is 18.9. The van der Waals surface area contributed by atoms with Crippen LogP contribution in [0.5, 0.6) is 0 Å². The fraction of sp³-hybridized carbons (Fsp3) is 0.143. The average molecular weight is 521 g/mol. The van der Waals surface area contributed by atoms with Crippen LogP contribution in [0.4, 0.5) is 11.6 Å². The van der Waals surface area contributed by atoms with Crippen molar-refractivity contribution >= 4 is 23.7 Å². The molecule has 11 heteroatoms. The Bertz CT molecular complexity index is 1680. The van der Waals surface area contributed by atoms with E-state index in [1.165, 1.54) is 0 Å². The third kappa shape index (κ3) is 4.81. The molecule has 0 spiro atoms. The molecule has 0 unspecified atom stereocenters. The second-order valence-corrected chi connectivity index (χ2v) is 9.10. The highest BCUT2D eigenvalue weighted by atomic mass is 16.2. The summed E-state index contributed by atoms with van der Waals surface area (Å²) in [7, 11) is 0. The van der Waals surface area contributed by atoms with Crippen LogP contribution in [0.2, 0.25) is 0 Å². The maximum Gasteiger partial charge on any atom is 0.373 e. The van der Waals surface area contributed by atoms with Gasteiger partial charge in [-0.05, 0) is 60.9 Å². The molecule has 194 valence electrons. The second kappa shape index (κ2) is 10.5. The number of carbonyl (C=O) groups excluding carboxylic acids is 3. The molecule has 39 heavy (non-hydrogen) atoms. The van der Waals surface area contributed by atoms with Crippen LogP contribution in [-0.4, -0.2) is 41.6 Å². The monoisotopic (exact) mass is 520 g/mol. The minimum Gasteiger partial charge on any atom is -0.384 e. The average Bonchev–Trinajstić information content (AvgIpc) is 3.68. The van der Waals surface area contributed by atoms with Gasteiger partial charge in [0, 0.05) is 17.7 Å². The first-order valence-electron chi connectivity index (χ1n) is 12.1. The van der Waals surface area contributed by atoms with Gasteiger partial charge < -0.3 is 10.3 Å². The molecule has 2 aromatic carbocycles. The predicted molar refractivity (Wildman–Crippen MR) is 143 cm³/mol. The van der Waals surface area contributed by atoms with Crippen molar-refractivity contribution < 1.29 is 14.4 Å². The topological polar surface area (TPSA) is 142 Å². The zero-order chi connectivity index (χ0) is 27.5. The first-order valence-corrected chi connectivity index (χ1v) is 12.1. The number of benzene rings is 2. The smallest absolute Gasteiger partial charge is 0.373 e. The summed E-state index contributed by atoms with van der Waals surface area (Å²) < 4.78 is 3.64. The van der Waals surface area contributed by atoms with Crippen molar-refractivity contribution in [3.63, 3.8) is 0 Å². The number of nitrogen functional groups attached to an aromatic ring is 1. The van der Waals surface area contributed by atoms with E-state index in [4.69, 9.17) is 20.3 Å². The number of amides is 1. The van der Waals surface area contributed by atoms with E-state index in [1.54, 1.807) is 28.2 Å². The van der Waals surface area contributed by atoms with Crippen LogP contribution in [0.25, 0.3) is 28.3 Å². The molecule has 0 saturated carbocycles. The number of nitrogens with two attached hydrogens (primary N) is 1. The molecular weight excluding hydrogens is 496 g/mol. The van der Waals surface area contributed by atoms with Crippen LogP contribution in [-0.2, 0) is 16.1 Å². The van der Waals surface area contributed by atoms with E-state index in [2.05, 4.69) is 29.1 Å². The van der Waals surface area contributed by atoms with Crippen LogP contribution < -0.4 is 10.6 Å². The van der Waals surface area contributed by atoms with Crippen molar-refractivity contribution in [2.24, 2.45) is 0 Å². The fourth-order valence-electron chi connectivity index (χ4n) is 4.49. The van der Waals surface area contributed by atoms with Crippen molar-refractivity contribution in [2.45, 2.75) is 26.4 Å². The highest BCUT2D eigenvalue weighted by Crippen LogP contribution is 2.32. The lowest BCUT2D eigenvalue weighted by atomic mass is 10.0. The Morgan fingerprint density at radius 1 is 0.974 bits per heavy atom. The van der Waals surface area contributed by atoms with E-state index in [0.29, 0.717) is 35.3 Å². The lowest BCUT2D eigenvalue weighted by Crippen LogP contribution is -2.24. The number of nitrogens with zero attached hydrogens (tertiary/aromatic N) is 7. The quantitative estimate of drug-likeness (QED) is 0.367. The summed E-state index contributed by atoms with van der Waals surface area (Å²) in [5, 5.41) is 12.5. The van der Waals surface area contributed by atoms with Crippen LogP contribution in [0.1, 0.15) is 35.8 Å². The minimum absolute atomic E-state index is 0.0669. The molecule has 6 rings (SSSR count). The van der Waals surface area contributed by atoms with Crippen molar-refractivity contribution in [3.05, 3.63) is 90.4 Å². The van der Waals surface area contributed by atoms with E-state index >= 15 is 0 Å². The molecule has 0 saturated heterocycles. The Labute approximate surface area is 223 Å². The molecule has 1 amide bonds. The highest BCUT2D eigenvalue weighted by molar-refractivity contribution is 6.10. The first kappa shape index (κ1) is 25.2. The normalized spacial score (nSPS) is 12.2. The van der Waals surface area contributed by atoms with Crippen molar-refractivity contribution in [1.82, 2.24) is 29.5 Å². The van der Waals surface area contributed by atoms with Gasteiger partial charge in [-0.25, -0.2) is 9.67 Å². The molecule has 0 atom stereocenters. The molecular formula is C28H24N8O3. The Hall–Kier alpha value is -5.41. The molecule has 1 aliphatic heterocycles. The summed E-state index contributed by atoms with van der Waals surface area (Å²) in [5.74, 6) is 1.78. The number of aromatic nitrogens is 6. The number of pyridine rings is 1. The van der Waals surface area contributed by atoms with E-state index in [9.17, 15) is 4.79 Å². The third-order valence-electron chi connectivity index (χ3n) is 6.40. The fourth-order valence-corrected chi connectivity index (χ4v) is 4.49. The number of hydrogen-bond acceptors (Lipinski definition) is 8. The summed E-state index contributed by atoms with van der Waals surface area (Å²) >= 11 is 0. The van der Waals surface area contributed by atoms with Crippen LogP contribution in [0.3, 0.4) is 0 Å². The maximum atomic E-state index is 13.4. The molecule has 2 N–H and O–H groups in total. The molecule has 0 aliphatic carbocycles. The molecule has 3 aromatic heterocycles. The molecule has 1 aliphatic rings. The van der Waals surface area contributed by atoms with E-state index in [0.717, 1.165) is 22.4 Å². The Kier molecular flexibility index (Phi) is 6.81. The highest BCUT2D eigenvalue weighted by Gasteiger charge is 2.30. The zero-order valence-corrected chi connectivity index (χ0v) is 21.2. The SMILES string of the molecule is CC(C)n1cnnc1-c1cccc(N2Cc3ccc(-c4ccc(-n5nccc5N)cc4)cc3C2=O)n1.O=C=O. The van der Waals surface area contributed by atoms with Crippen molar-refractivity contribution in [1.29, 1.82) is 0 Å². The van der Waals surface area contributed by atoms with Gasteiger partial charge in [0.05, 0.1) is 18.4 Å². The largest absolute Gasteiger partial charge is 0.384 e. The van der Waals surface area contributed by atoms with E-state index in [1.807, 2.05) is 65.2 Å². The predicted octanol–water partition coefficient (Wildman–Crippen LogP) is 3.93. The van der Waals surface area contributed by atoms with E-state index < -0.39 is 0 Å². The summed E-state index contributed by atoms with van der Waals surface area (Å²) in [6, 6.07) is 21.5. The lowest BCUT2D eigenvalue weighted by molar-refractivity contribution is -0.191. The van der Waals surface area contributed by atoms with Gasteiger partial charge in [-0.1, -0.05) is 30.3 Å². The number of anilines is 2. The van der Waals surface area contributed by atoms with Gasteiger partial charge in [-0.3, -0.25) is 9.69 Å². The summed E-state index contributed by atoms with van der Waals surface area (Å²) in [6.45, 7) is 4.60. The summed E-state index contributed by atoms with van der Waals surface area (Å²) in [5.41, 5.74) is 11.2. The molecule has 5 aromatic rings. The van der Waals surface area contributed by atoms with Crippen LogP contribution >= 0.6 is 0 Å². The molecule has 0 radical (unpaired) electrons. The summed E-state index contributed by atoms with van der Waals surface area (Å²) in [4.78, 5) is 36.1. The van der Waals surface area contributed by atoms with Gasteiger partial charge in [0.15, 0.2) is 5.82 Å². The van der Waals surface area contributed by atoms with Gasteiger partial charge >= 0.3 is 6.15 Å². The zero-order valence-electron chi connectivity index (χ0n) is 21.2. The number of carbonyl (C=O) groups is 1. The number of rotatable bonds is 5. The van der Waals surface area contributed by atoms with Crippen LogP contribution in [0.15, 0.2) is 79.3 Å². The van der Waals surface area contributed by atoms with Gasteiger partial charge in [0.1, 0.15) is 23.7 Å². The number of fused-ring (bicyclic) bond motifs is 1. The maximum absolute atomic E-state index is 13.4. The van der Waals surface area contributed by atoms with Crippen molar-refractivity contribution in [3.8, 4) is 28.3 Å². The van der Waals surface area contributed by atoms with Gasteiger partial charge in [0.2, 0.25) is 0 Å². The van der Waals surface area contributed by atoms with E-state index in [-0.39, 0.29) is 18.1 Å². The minimum atomic E-state index is -0.0669. The Balaban J connectivity index is 0.000000983. The lowest BCUT2D eigenvalue weighted by Gasteiger charge is -2.16. The van der Waals surface area contributed by atoms with Crippen molar-refractivity contribution in [2.75, 3.05) is 10.6 Å². The summed E-state index contributed by atoms with van der Waals surface area (Å²) in [6.07, 6.45) is 3.62. The molecule has 11 nitrogen and oxygen atoms in total. The molecule has 0 bridgehead atoms. The Morgan fingerprint density at radius 3 is 2.41 bits per heavy atom. The van der Waals surface area contributed by atoms with Gasteiger partial charge in [-0.2, -0.15) is 14.7 Å². The standard InChI is InChI=1S/C27H24N8O.CO2/c1-17(2)34-16-29-32-26(34)23-4-3-5-25(31-23)33-15-20-7-6-19(14-22(20)27(33)36)18-8-10-21(11-9-18)35-24(28)12-13-30-35;2-1-3/h3-14,16-17H,15,28H2,1-2H3;. The third-order valence-corrected chi connectivity index (χ3v) is 6.40. The second-order valence-electron chi connectivity index (χ2n) is 9.10.